The number of aliphatic hydroxyl groups is 1. The third-order valence-electron chi connectivity index (χ3n) is 7.11. The van der Waals surface area contributed by atoms with Crippen molar-refractivity contribution < 1.29 is 24.4 Å². The van der Waals surface area contributed by atoms with Gasteiger partial charge in [0.15, 0.2) is 0 Å². The zero-order valence-corrected chi connectivity index (χ0v) is 20.3. The van der Waals surface area contributed by atoms with Crippen molar-refractivity contribution in [3.8, 4) is 0 Å². The van der Waals surface area contributed by atoms with Crippen LogP contribution in [0.15, 0.2) is 54.9 Å². The highest BCUT2D eigenvalue weighted by atomic mass is 16.6. The zero-order chi connectivity index (χ0) is 26.4. The van der Waals surface area contributed by atoms with E-state index in [0.29, 0.717) is 49.4 Å². The number of aromatic nitrogens is 2. The number of fused-ring (bicyclic) bond motifs is 2. The Kier molecular flexibility index (Phi) is 6.03. The number of carbonyl (C=O) groups excluding carboxylic acids is 2. The Labute approximate surface area is 216 Å². The molecule has 0 spiro atoms. The van der Waals surface area contributed by atoms with Crippen LogP contribution in [0.2, 0.25) is 0 Å². The molecule has 194 valence electrons. The number of nitro benzene ring substituents is 1. The van der Waals surface area contributed by atoms with E-state index in [2.05, 4.69) is 15.2 Å². The predicted molar refractivity (Wildman–Crippen MR) is 140 cm³/mol. The van der Waals surface area contributed by atoms with E-state index in [9.17, 15) is 24.8 Å². The van der Waals surface area contributed by atoms with Crippen molar-refractivity contribution in [2.75, 3.05) is 32.8 Å². The lowest BCUT2D eigenvalue weighted by Crippen LogP contribution is -2.41. The number of aliphatic hydroxyl groups excluding tert-OH is 1. The van der Waals surface area contributed by atoms with Gasteiger partial charge in [0, 0.05) is 65.5 Å². The average Bonchev–Trinajstić information content (AvgIpc) is 3.57. The van der Waals surface area contributed by atoms with Crippen LogP contribution in [0, 0.1) is 10.1 Å². The molecule has 4 aromatic rings. The van der Waals surface area contributed by atoms with Crippen molar-refractivity contribution in [2.45, 2.75) is 12.6 Å². The molecule has 1 saturated heterocycles. The summed E-state index contributed by atoms with van der Waals surface area (Å²) in [6.07, 6.45) is 2.49. The highest BCUT2D eigenvalue weighted by Crippen LogP contribution is 2.40. The number of carbonyl (C=O) groups is 2. The van der Waals surface area contributed by atoms with Gasteiger partial charge in [-0.25, -0.2) is 0 Å². The fourth-order valence-electron chi connectivity index (χ4n) is 5.45. The topological polar surface area (TPSA) is 143 Å². The number of morpholine rings is 1. The Morgan fingerprint density at radius 1 is 0.974 bits per heavy atom. The van der Waals surface area contributed by atoms with E-state index in [-0.39, 0.29) is 28.9 Å². The summed E-state index contributed by atoms with van der Waals surface area (Å²) in [5, 5.41) is 26.5. The average molecular weight is 516 g/mol. The molecule has 0 saturated carbocycles. The first-order valence-corrected chi connectivity index (χ1v) is 12.3. The number of imide groups is 1. The van der Waals surface area contributed by atoms with Gasteiger partial charge in [0.05, 0.1) is 41.9 Å². The molecule has 3 N–H and O–H groups in total. The van der Waals surface area contributed by atoms with Crippen LogP contribution >= 0.6 is 0 Å². The second-order valence-electron chi connectivity index (χ2n) is 9.47. The molecule has 1 fully saturated rings. The third-order valence-corrected chi connectivity index (χ3v) is 7.11. The molecule has 11 nitrogen and oxygen atoms in total. The van der Waals surface area contributed by atoms with Gasteiger partial charge in [-0.2, -0.15) is 0 Å². The molecule has 38 heavy (non-hydrogen) atoms. The number of para-hydroxylation sites is 2. The fourth-order valence-corrected chi connectivity index (χ4v) is 5.45. The summed E-state index contributed by atoms with van der Waals surface area (Å²) < 4.78 is 6.98. The molecule has 2 aromatic heterocycles. The maximum atomic E-state index is 13.2. The normalized spacial score (nSPS) is 17.5. The number of H-pyrrole nitrogens is 1. The summed E-state index contributed by atoms with van der Waals surface area (Å²) in [4.78, 5) is 42.9. The molecule has 11 heteroatoms. The van der Waals surface area contributed by atoms with Gasteiger partial charge in [-0.05, 0) is 6.07 Å². The fraction of sp³-hybridized carbons (Fsp3) is 0.259. The van der Waals surface area contributed by atoms with Gasteiger partial charge in [0.1, 0.15) is 5.52 Å². The molecule has 2 amide bonds. The molecule has 2 aliphatic rings. The zero-order valence-electron chi connectivity index (χ0n) is 20.3. The van der Waals surface area contributed by atoms with Crippen LogP contribution in [0.25, 0.3) is 33.0 Å². The highest BCUT2D eigenvalue weighted by molar-refractivity contribution is 6.50. The summed E-state index contributed by atoms with van der Waals surface area (Å²) in [7, 11) is 0. The minimum Gasteiger partial charge on any atom is -0.390 e. The van der Waals surface area contributed by atoms with Gasteiger partial charge in [-0.15, -0.1) is 0 Å². The van der Waals surface area contributed by atoms with Crippen LogP contribution in [0.5, 0.6) is 0 Å². The lowest BCUT2D eigenvalue weighted by molar-refractivity contribution is -0.383. The number of non-ortho nitro benzene ring substituents is 1. The molecule has 1 unspecified atom stereocenters. The number of aromatic amines is 1. The van der Waals surface area contributed by atoms with Gasteiger partial charge >= 0.3 is 0 Å². The molecule has 0 bridgehead atoms. The number of rotatable bonds is 7. The number of nitrogens with one attached hydrogen (secondary N) is 2. The van der Waals surface area contributed by atoms with Crippen molar-refractivity contribution in [1.82, 2.24) is 19.8 Å². The highest BCUT2D eigenvalue weighted by Gasteiger charge is 2.36. The summed E-state index contributed by atoms with van der Waals surface area (Å²) >= 11 is 0. The smallest absolute Gasteiger partial charge is 0.293 e. The first kappa shape index (κ1) is 24.0. The predicted octanol–water partition coefficient (Wildman–Crippen LogP) is 2.29. The van der Waals surface area contributed by atoms with Crippen LogP contribution in [0.1, 0.15) is 11.1 Å². The van der Waals surface area contributed by atoms with Crippen LogP contribution in [0.4, 0.5) is 5.69 Å². The number of ether oxygens (including phenoxy) is 1. The molecule has 1 atom stereocenters. The molecular formula is C27H25N5O6. The first-order valence-electron chi connectivity index (χ1n) is 12.3. The second-order valence-corrected chi connectivity index (χ2v) is 9.47. The SMILES string of the molecule is O=C1NC(=O)C(c2cn(CC(O)CN3CCOCC3)c3c([N+](=O)[O-])cccc23)=C1c1c[nH]c2ccccc12. The minimum atomic E-state index is -0.822. The van der Waals surface area contributed by atoms with Crippen molar-refractivity contribution >= 4 is 50.5 Å². The molecule has 2 aliphatic heterocycles. The van der Waals surface area contributed by atoms with Gasteiger partial charge in [0.25, 0.3) is 17.5 Å². The monoisotopic (exact) mass is 515 g/mol. The number of nitro groups is 1. The minimum absolute atomic E-state index is 0.0734. The first-order chi connectivity index (χ1) is 18.4. The number of benzene rings is 2. The van der Waals surface area contributed by atoms with Gasteiger partial charge in [-0.3, -0.25) is 29.9 Å². The Morgan fingerprint density at radius 2 is 1.68 bits per heavy atom. The van der Waals surface area contributed by atoms with E-state index in [1.54, 1.807) is 29.1 Å². The standard InChI is InChI=1S/C27H25N5O6/c33-16(13-30-8-10-38-11-9-30)14-31-15-20(18-5-3-7-22(25(18)31)32(36)37)24-23(26(34)29-27(24)35)19-12-28-21-6-2-1-4-17(19)21/h1-7,12,15-16,28,33H,8-11,13-14H2,(H,29,34,35). The number of hydrogen-bond donors (Lipinski definition) is 3. The summed E-state index contributed by atoms with van der Waals surface area (Å²) in [5.41, 5.74) is 2.26. The molecular weight excluding hydrogens is 490 g/mol. The lowest BCUT2D eigenvalue weighted by Gasteiger charge is -2.28. The van der Waals surface area contributed by atoms with Crippen molar-refractivity contribution in [2.24, 2.45) is 0 Å². The van der Waals surface area contributed by atoms with Crippen LogP contribution < -0.4 is 5.32 Å². The van der Waals surface area contributed by atoms with Crippen LogP contribution in [0.3, 0.4) is 0 Å². The molecule has 4 heterocycles. The van der Waals surface area contributed by atoms with Crippen molar-refractivity contribution in [1.29, 1.82) is 0 Å². The Bertz CT molecular complexity index is 1630. The van der Waals surface area contributed by atoms with Gasteiger partial charge in [-0.1, -0.05) is 30.3 Å². The second kappa shape index (κ2) is 9.53. The number of amides is 2. The summed E-state index contributed by atoms with van der Waals surface area (Å²) in [5.74, 6) is -1.11. The van der Waals surface area contributed by atoms with Gasteiger partial charge in [0.2, 0.25) is 0 Å². The van der Waals surface area contributed by atoms with Crippen molar-refractivity contribution in [3.63, 3.8) is 0 Å². The van der Waals surface area contributed by atoms with E-state index < -0.39 is 22.8 Å². The Balaban J connectivity index is 1.51. The molecule has 6 rings (SSSR count). The maximum absolute atomic E-state index is 13.2. The van der Waals surface area contributed by atoms with Crippen LogP contribution in [-0.2, 0) is 20.9 Å². The molecule has 2 aromatic carbocycles. The quantitative estimate of drug-likeness (QED) is 0.195. The lowest BCUT2D eigenvalue weighted by atomic mass is 9.95. The third kappa shape index (κ3) is 4.06. The van der Waals surface area contributed by atoms with Crippen molar-refractivity contribution in [3.05, 3.63) is 76.1 Å². The van der Waals surface area contributed by atoms with E-state index in [0.717, 1.165) is 10.9 Å². The number of nitrogens with zero attached hydrogens (tertiary/aromatic N) is 3. The summed E-state index contributed by atoms with van der Waals surface area (Å²) in [6.45, 7) is 3.01. The van der Waals surface area contributed by atoms with E-state index in [4.69, 9.17) is 4.74 Å². The van der Waals surface area contributed by atoms with E-state index >= 15 is 0 Å². The Hall–Kier alpha value is -4.32. The van der Waals surface area contributed by atoms with Crippen LogP contribution in [-0.4, -0.2) is 75.2 Å². The molecule has 0 radical (unpaired) electrons. The Morgan fingerprint density at radius 3 is 2.45 bits per heavy atom. The number of hydrogen-bond acceptors (Lipinski definition) is 7. The summed E-state index contributed by atoms with van der Waals surface area (Å²) in [6, 6.07) is 12.1. The number of β-amino-alcohol motifs (C(OH)–C–C–N with tert-alkyl or cyclic N) is 1. The van der Waals surface area contributed by atoms with Gasteiger partial charge < -0.3 is 19.4 Å². The maximum Gasteiger partial charge on any atom is 0.293 e. The largest absolute Gasteiger partial charge is 0.390 e. The molecule has 0 aliphatic carbocycles. The van der Waals surface area contributed by atoms with E-state index in [1.165, 1.54) is 6.07 Å². The van der Waals surface area contributed by atoms with E-state index in [1.807, 2.05) is 24.3 Å².